The number of nitrogens with one attached hydrogen (secondary N) is 1. The monoisotopic (exact) mass is 440 g/mol. The number of carbonyl (C=O) groups is 2. The summed E-state index contributed by atoms with van der Waals surface area (Å²) in [6.07, 6.45) is 0.947. The molecule has 0 saturated carbocycles. The van der Waals surface area contributed by atoms with Crippen LogP contribution >= 0.6 is 23.2 Å². The van der Waals surface area contributed by atoms with Crippen molar-refractivity contribution in [2.45, 2.75) is 24.9 Å². The molecule has 158 valence electrons. The zero-order chi connectivity index (χ0) is 22.0. The quantitative estimate of drug-likeness (QED) is 0.582. The zero-order valence-electron chi connectivity index (χ0n) is 16.6. The van der Waals surface area contributed by atoms with E-state index in [1.807, 2.05) is 24.3 Å². The summed E-state index contributed by atoms with van der Waals surface area (Å²) >= 11 is 11.5. The lowest BCUT2D eigenvalue weighted by molar-refractivity contribution is -0.142. The molecule has 0 radical (unpaired) electrons. The molecule has 0 saturated heterocycles. The summed E-state index contributed by atoms with van der Waals surface area (Å²) in [4.78, 5) is 23.3. The van der Waals surface area contributed by atoms with Crippen molar-refractivity contribution < 1.29 is 19.8 Å². The van der Waals surface area contributed by atoms with E-state index in [1.54, 1.807) is 50.3 Å². The fourth-order valence-electron chi connectivity index (χ4n) is 2.50. The number of halogens is 2. The summed E-state index contributed by atoms with van der Waals surface area (Å²) in [6, 6.07) is 13.4. The van der Waals surface area contributed by atoms with Gasteiger partial charge in [0.15, 0.2) is 0 Å². The van der Waals surface area contributed by atoms with Gasteiger partial charge in [0.05, 0.1) is 0 Å². The van der Waals surface area contributed by atoms with E-state index in [0.717, 1.165) is 11.1 Å². The Morgan fingerprint density at radius 1 is 0.862 bits per heavy atom. The molecule has 0 aliphatic carbocycles. The smallest absolute Gasteiger partial charge is 0.321 e. The predicted molar refractivity (Wildman–Crippen MR) is 116 cm³/mol. The van der Waals surface area contributed by atoms with Gasteiger partial charge in [-0.1, -0.05) is 47.5 Å². The molecule has 8 heteroatoms. The largest absolute Gasteiger partial charge is 0.480 e. The maximum Gasteiger partial charge on any atom is 0.321 e. The van der Waals surface area contributed by atoms with Crippen LogP contribution in [0.1, 0.15) is 11.1 Å². The maximum absolute atomic E-state index is 10.9. The number of hydrogen-bond donors (Lipinski definition) is 3. The van der Waals surface area contributed by atoms with Crippen molar-refractivity contribution in [3.05, 3.63) is 69.7 Å². The van der Waals surface area contributed by atoms with Crippen LogP contribution in [0.3, 0.4) is 0 Å². The summed E-state index contributed by atoms with van der Waals surface area (Å²) in [7, 11) is 5.15. The van der Waals surface area contributed by atoms with Crippen LogP contribution in [0.2, 0.25) is 10.0 Å². The van der Waals surface area contributed by atoms with Gasteiger partial charge in [-0.05, 0) is 69.4 Å². The molecule has 0 aromatic heterocycles. The van der Waals surface area contributed by atoms with Crippen molar-refractivity contribution in [1.82, 2.24) is 10.2 Å². The molecule has 3 N–H and O–H groups in total. The Balaban J connectivity index is 0.000000291. The van der Waals surface area contributed by atoms with Crippen molar-refractivity contribution >= 4 is 35.1 Å². The fourth-order valence-corrected chi connectivity index (χ4v) is 2.76. The van der Waals surface area contributed by atoms with E-state index in [2.05, 4.69) is 5.32 Å². The Morgan fingerprint density at radius 2 is 1.28 bits per heavy atom. The summed E-state index contributed by atoms with van der Waals surface area (Å²) in [5, 5.41) is 21.8. The summed E-state index contributed by atoms with van der Waals surface area (Å²) in [5.41, 5.74) is 1.93. The molecule has 0 amide bonds. The zero-order valence-corrected chi connectivity index (χ0v) is 18.1. The average Bonchev–Trinajstić information content (AvgIpc) is 2.66. The van der Waals surface area contributed by atoms with Crippen molar-refractivity contribution in [3.8, 4) is 0 Å². The van der Waals surface area contributed by atoms with Gasteiger partial charge in [0.2, 0.25) is 0 Å². The highest BCUT2D eigenvalue weighted by atomic mass is 35.5. The van der Waals surface area contributed by atoms with Crippen LogP contribution in [-0.2, 0) is 22.4 Å². The highest BCUT2D eigenvalue weighted by Gasteiger charge is 2.19. The van der Waals surface area contributed by atoms with Gasteiger partial charge in [-0.3, -0.25) is 14.5 Å². The van der Waals surface area contributed by atoms with Crippen LogP contribution in [0.4, 0.5) is 0 Å². The molecule has 2 rings (SSSR count). The average molecular weight is 441 g/mol. The minimum absolute atomic E-state index is 0.461. The van der Waals surface area contributed by atoms with Crippen molar-refractivity contribution in [2.24, 2.45) is 0 Å². The van der Waals surface area contributed by atoms with Crippen molar-refractivity contribution in [1.29, 1.82) is 0 Å². The SMILES string of the molecule is CN(C)[C@@H](Cc1ccc(Cl)cc1)C(=O)O.CN[C@@H](Cc1ccc(Cl)cc1)C(=O)O. The number of rotatable bonds is 8. The Hall–Kier alpha value is -2.12. The Kier molecular flexibility index (Phi) is 10.7. The summed E-state index contributed by atoms with van der Waals surface area (Å²) in [5.74, 6) is -1.66. The molecule has 0 bridgehead atoms. The molecular formula is C21H26Cl2N2O4. The van der Waals surface area contributed by atoms with Gasteiger partial charge in [-0.15, -0.1) is 0 Å². The van der Waals surface area contributed by atoms with Crippen LogP contribution in [0.25, 0.3) is 0 Å². The van der Waals surface area contributed by atoms with Gasteiger partial charge in [0.1, 0.15) is 12.1 Å². The molecule has 2 atom stereocenters. The number of benzene rings is 2. The number of carboxylic acid groups (broad SMARTS) is 2. The van der Waals surface area contributed by atoms with Crippen LogP contribution in [0.5, 0.6) is 0 Å². The minimum atomic E-state index is -0.845. The molecule has 0 fully saturated rings. The van der Waals surface area contributed by atoms with Gasteiger partial charge in [-0.25, -0.2) is 0 Å². The van der Waals surface area contributed by atoms with Crippen LogP contribution in [-0.4, -0.2) is 60.3 Å². The highest BCUT2D eigenvalue weighted by molar-refractivity contribution is 6.30. The third-order valence-corrected chi connectivity index (χ3v) is 4.75. The van der Waals surface area contributed by atoms with Crippen molar-refractivity contribution in [2.75, 3.05) is 21.1 Å². The molecule has 0 heterocycles. The molecule has 2 aromatic carbocycles. The lowest BCUT2D eigenvalue weighted by Gasteiger charge is -2.19. The summed E-state index contributed by atoms with van der Waals surface area (Å²) in [6.45, 7) is 0. The standard InChI is InChI=1S/C11H14ClNO2.C10H12ClNO2/c1-13(2)10(11(14)15)7-8-3-5-9(12)6-4-8;1-12-9(10(13)14)6-7-2-4-8(11)5-3-7/h3-6,10H,7H2,1-2H3,(H,14,15);2-5,9,12H,6H2,1H3,(H,13,14)/t10-;9-/m00/s1. The minimum Gasteiger partial charge on any atom is -0.480 e. The van der Waals surface area contributed by atoms with Crippen LogP contribution in [0.15, 0.2) is 48.5 Å². The molecule has 6 nitrogen and oxygen atoms in total. The second-order valence-corrected chi connectivity index (χ2v) is 7.53. The Labute approximate surface area is 181 Å². The molecule has 0 unspecified atom stereocenters. The Morgan fingerprint density at radius 3 is 1.59 bits per heavy atom. The molecule has 0 aliphatic heterocycles. The Bertz CT molecular complexity index is 780. The van der Waals surface area contributed by atoms with E-state index < -0.39 is 24.0 Å². The van der Waals surface area contributed by atoms with Gasteiger partial charge in [-0.2, -0.15) is 0 Å². The number of nitrogens with zero attached hydrogens (tertiary/aromatic N) is 1. The molecular weight excluding hydrogens is 415 g/mol. The van der Waals surface area contributed by atoms with E-state index in [-0.39, 0.29) is 0 Å². The van der Waals surface area contributed by atoms with E-state index in [1.165, 1.54) is 0 Å². The molecule has 2 aromatic rings. The van der Waals surface area contributed by atoms with E-state index in [9.17, 15) is 9.59 Å². The van der Waals surface area contributed by atoms with Gasteiger partial charge in [0, 0.05) is 10.0 Å². The first-order valence-electron chi connectivity index (χ1n) is 8.92. The predicted octanol–water partition coefficient (Wildman–Crippen LogP) is 3.45. The van der Waals surface area contributed by atoms with E-state index in [0.29, 0.717) is 22.9 Å². The maximum atomic E-state index is 10.9. The second kappa shape index (κ2) is 12.4. The number of aliphatic carboxylic acids is 2. The van der Waals surface area contributed by atoms with Gasteiger partial charge in [0.25, 0.3) is 0 Å². The fraction of sp³-hybridized carbons (Fsp3) is 0.333. The van der Waals surface area contributed by atoms with Gasteiger partial charge >= 0.3 is 11.9 Å². The first kappa shape index (κ1) is 24.9. The molecule has 0 spiro atoms. The van der Waals surface area contributed by atoms with Crippen LogP contribution in [0, 0.1) is 0 Å². The van der Waals surface area contributed by atoms with E-state index >= 15 is 0 Å². The molecule has 0 aliphatic rings. The third kappa shape index (κ3) is 9.28. The number of carboxylic acids is 2. The van der Waals surface area contributed by atoms with Crippen LogP contribution < -0.4 is 5.32 Å². The number of likely N-dealkylation sites (N-methyl/N-ethyl adjacent to an activating group) is 2. The highest BCUT2D eigenvalue weighted by Crippen LogP contribution is 2.13. The normalized spacial score (nSPS) is 12.6. The molecule has 29 heavy (non-hydrogen) atoms. The number of hydrogen-bond acceptors (Lipinski definition) is 4. The van der Waals surface area contributed by atoms with Gasteiger partial charge < -0.3 is 15.5 Å². The van der Waals surface area contributed by atoms with Crippen molar-refractivity contribution in [3.63, 3.8) is 0 Å². The second-order valence-electron chi connectivity index (χ2n) is 6.66. The first-order chi connectivity index (χ1) is 13.6. The van der Waals surface area contributed by atoms with E-state index in [4.69, 9.17) is 33.4 Å². The lowest BCUT2D eigenvalue weighted by Crippen LogP contribution is -2.37. The lowest BCUT2D eigenvalue weighted by atomic mass is 10.1. The summed E-state index contributed by atoms with van der Waals surface area (Å²) < 4.78 is 0. The third-order valence-electron chi connectivity index (χ3n) is 4.25. The topological polar surface area (TPSA) is 89.9 Å². The first-order valence-corrected chi connectivity index (χ1v) is 9.67.